The summed E-state index contributed by atoms with van der Waals surface area (Å²) in [6, 6.07) is 86.2. The van der Waals surface area contributed by atoms with E-state index in [-0.39, 0.29) is 0 Å². The van der Waals surface area contributed by atoms with E-state index in [1.807, 2.05) is 0 Å². The molecule has 1 nitrogen and oxygen atoms in total. The minimum atomic E-state index is -0.548. The maximum atomic E-state index is 2.45. The van der Waals surface area contributed by atoms with Gasteiger partial charge in [-0.1, -0.05) is 200 Å². The highest BCUT2D eigenvalue weighted by molar-refractivity contribution is 5.98. The standard InChI is InChI=1S/C55H39N/c1-6-17-40(18-7-1)43-29-34-48(35-30-43)56(49-36-31-44(32-37-49)41-19-8-2-9-20-41)53-28-16-27-51-54(53)50-38-33-45(42-21-10-3-11-22-42)39-52(50)55(51,46-23-12-4-13-24-46)47-25-14-5-15-26-47/h1-39H. The number of anilines is 3. The van der Waals surface area contributed by atoms with Crippen molar-refractivity contribution in [3.8, 4) is 44.5 Å². The minimum absolute atomic E-state index is 0.548. The van der Waals surface area contributed by atoms with Crippen LogP contribution >= 0.6 is 0 Å². The lowest BCUT2D eigenvalue weighted by atomic mass is 9.67. The van der Waals surface area contributed by atoms with Gasteiger partial charge in [0, 0.05) is 16.9 Å². The van der Waals surface area contributed by atoms with Gasteiger partial charge in [0.25, 0.3) is 0 Å². The summed E-state index contributed by atoms with van der Waals surface area (Å²) in [6.45, 7) is 0. The largest absolute Gasteiger partial charge is 0.310 e. The fourth-order valence-electron chi connectivity index (χ4n) is 8.81. The Bertz CT molecular complexity index is 2620. The van der Waals surface area contributed by atoms with Crippen molar-refractivity contribution in [1.29, 1.82) is 0 Å². The van der Waals surface area contributed by atoms with E-state index in [0.717, 1.165) is 17.1 Å². The molecule has 0 N–H and O–H groups in total. The van der Waals surface area contributed by atoms with Gasteiger partial charge in [0.1, 0.15) is 0 Å². The van der Waals surface area contributed by atoms with Gasteiger partial charge in [0.05, 0.1) is 11.1 Å². The monoisotopic (exact) mass is 713 g/mol. The molecule has 0 fully saturated rings. The normalized spacial score (nSPS) is 12.4. The third kappa shape index (κ3) is 5.65. The molecule has 264 valence electrons. The molecule has 0 amide bonds. The predicted molar refractivity (Wildman–Crippen MR) is 235 cm³/mol. The van der Waals surface area contributed by atoms with Crippen LogP contribution in [0, 0.1) is 0 Å². The maximum Gasteiger partial charge on any atom is 0.0714 e. The second kappa shape index (κ2) is 14.2. The van der Waals surface area contributed by atoms with Crippen LogP contribution in [-0.2, 0) is 5.41 Å². The summed E-state index contributed by atoms with van der Waals surface area (Å²) in [6.07, 6.45) is 0. The van der Waals surface area contributed by atoms with Crippen LogP contribution in [0.4, 0.5) is 17.1 Å². The summed E-state index contributed by atoms with van der Waals surface area (Å²) in [5, 5.41) is 0. The van der Waals surface area contributed by atoms with Crippen LogP contribution in [0.2, 0.25) is 0 Å². The van der Waals surface area contributed by atoms with E-state index in [4.69, 9.17) is 0 Å². The molecular formula is C55H39N. The smallest absolute Gasteiger partial charge is 0.0714 e. The topological polar surface area (TPSA) is 3.24 Å². The first-order valence-electron chi connectivity index (χ1n) is 19.3. The van der Waals surface area contributed by atoms with Crippen LogP contribution in [0.15, 0.2) is 237 Å². The zero-order valence-electron chi connectivity index (χ0n) is 31.0. The lowest BCUT2D eigenvalue weighted by Gasteiger charge is -2.34. The van der Waals surface area contributed by atoms with Gasteiger partial charge >= 0.3 is 0 Å². The molecule has 0 radical (unpaired) electrons. The molecule has 9 aromatic carbocycles. The van der Waals surface area contributed by atoms with Crippen LogP contribution in [-0.4, -0.2) is 0 Å². The molecule has 0 heterocycles. The third-order valence-corrected chi connectivity index (χ3v) is 11.4. The van der Waals surface area contributed by atoms with Crippen LogP contribution in [0.5, 0.6) is 0 Å². The second-order valence-electron chi connectivity index (χ2n) is 14.5. The van der Waals surface area contributed by atoms with Crippen molar-refractivity contribution in [3.05, 3.63) is 259 Å². The van der Waals surface area contributed by atoms with E-state index >= 15 is 0 Å². The van der Waals surface area contributed by atoms with E-state index in [2.05, 4.69) is 241 Å². The Balaban J connectivity index is 1.24. The summed E-state index contributed by atoms with van der Waals surface area (Å²) in [5.41, 5.74) is 17.6. The molecule has 0 atom stereocenters. The highest BCUT2D eigenvalue weighted by atomic mass is 15.1. The lowest BCUT2D eigenvalue weighted by Crippen LogP contribution is -2.28. The third-order valence-electron chi connectivity index (χ3n) is 11.4. The zero-order chi connectivity index (χ0) is 37.3. The van der Waals surface area contributed by atoms with Crippen molar-refractivity contribution in [2.45, 2.75) is 5.41 Å². The van der Waals surface area contributed by atoms with Crippen LogP contribution in [0.25, 0.3) is 44.5 Å². The molecule has 1 heteroatoms. The maximum absolute atomic E-state index is 2.45. The first-order chi connectivity index (χ1) is 27.8. The van der Waals surface area contributed by atoms with Gasteiger partial charge < -0.3 is 4.90 Å². The molecule has 0 aromatic heterocycles. The average Bonchev–Trinajstić information content (AvgIpc) is 3.59. The SMILES string of the molecule is c1ccc(-c2ccc(N(c3ccc(-c4ccccc4)cc3)c3cccc4c3-c3ccc(-c5ccccc5)cc3C4(c3ccccc3)c3ccccc3)cc2)cc1. The van der Waals surface area contributed by atoms with E-state index in [0.29, 0.717) is 0 Å². The lowest BCUT2D eigenvalue weighted by molar-refractivity contribution is 0.769. The average molecular weight is 714 g/mol. The number of benzene rings is 9. The molecule has 0 saturated heterocycles. The molecule has 9 aromatic rings. The van der Waals surface area contributed by atoms with Gasteiger partial charge in [-0.05, 0) is 97.6 Å². The summed E-state index contributed by atoms with van der Waals surface area (Å²) in [7, 11) is 0. The number of fused-ring (bicyclic) bond motifs is 3. The van der Waals surface area contributed by atoms with Gasteiger partial charge in [-0.2, -0.15) is 0 Å². The van der Waals surface area contributed by atoms with Gasteiger partial charge in [-0.3, -0.25) is 0 Å². The van der Waals surface area contributed by atoms with Crippen molar-refractivity contribution < 1.29 is 0 Å². The fourth-order valence-corrected chi connectivity index (χ4v) is 8.81. The quantitative estimate of drug-likeness (QED) is 0.152. The molecule has 1 aliphatic carbocycles. The van der Waals surface area contributed by atoms with Crippen molar-refractivity contribution in [2.75, 3.05) is 4.90 Å². The van der Waals surface area contributed by atoms with E-state index in [9.17, 15) is 0 Å². The van der Waals surface area contributed by atoms with E-state index in [1.54, 1.807) is 0 Å². The first kappa shape index (κ1) is 33.4. The van der Waals surface area contributed by atoms with Crippen LogP contribution in [0.3, 0.4) is 0 Å². The Kier molecular flexibility index (Phi) is 8.46. The Morgan fingerprint density at radius 2 is 0.679 bits per heavy atom. The summed E-state index contributed by atoms with van der Waals surface area (Å²) in [5.74, 6) is 0. The molecule has 0 saturated carbocycles. The predicted octanol–water partition coefficient (Wildman–Crippen LogP) is 14.5. The molecule has 0 spiro atoms. The number of nitrogens with zero attached hydrogens (tertiary/aromatic N) is 1. The van der Waals surface area contributed by atoms with Crippen molar-refractivity contribution >= 4 is 17.1 Å². The van der Waals surface area contributed by atoms with Crippen molar-refractivity contribution in [1.82, 2.24) is 0 Å². The molecule has 0 bridgehead atoms. The Hall–Kier alpha value is -7.22. The van der Waals surface area contributed by atoms with Crippen LogP contribution in [0.1, 0.15) is 22.3 Å². The van der Waals surface area contributed by atoms with E-state index < -0.39 is 5.41 Å². The van der Waals surface area contributed by atoms with Gasteiger partial charge in [-0.15, -0.1) is 0 Å². The highest BCUT2D eigenvalue weighted by Gasteiger charge is 2.47. The summed E-state index contributed by atoms with van der Waals surface area (Å²) in [4.78, 5) is 2.45. The second-order valence-corrected chi connectivity index (χ2v) is 14.5. The summed E-state index contributed by atoms with van der Waals surface area (Å²) < 4.78 is 0. The Labute approximate surface area is 329 Å². The van der Waals surface area contributed by atoms with Gasteiger partial charge in [0.15, 0.2) is 0 Å². The molecule has 10 rings (SSSR count). The molecule has 0 aliphatic heterocycles. The minimum Gasteiger partial charge on any atom is -0.310 e. The van der Waals surface area contributed by atoms with Gasteiger partial charge in [0.2, 0.25) is 0 Å². The van der Waals surface area contributed by atoms with Crippen LogP contribution < -0.4 is 4.90 Å². The number of hydrogen-bond donors (Lipinski definition) is 0. The van der Waals surface area contributed by atoms with Gasteiger partial charge in [-0.25, -0.2) is 0 Å². The number of rotatable bonds is 8. The fraction of sp³-hybridized carbons (Fsp3) is 0.0182. The number of hydrogen-bond acceptors (Lipinski definition) is 1. The van der Waals surface area contributed by atoms with Crippen molar-refractivity contribution in [3.63, 3.8) is 0 Å². The van der Waals surface area contributed by atoms with Crippen molar-refractivity contribution in [2.24, 2.45) is 0 Å². The molecule has 0 unspecified atom stereocenters. The first-order valence-corrected chi connectivity index (χ1v) is 19.3. The Morgan fingerprint density at radius 3 is 1.14 bits per heavy atom. The summed E-state index contributed by atoms with van der Waals surface area (Å²) >= 11 is 0. The Morgan fingerprint density at radius 1 is 0.286 bits per heavy atom. The molecular weight excluding hydrogens is 675 g/mol. The zero-order valence-corrected chi connectivity index (χ0v) is 31.0. The highest BCUT2D eigenvalue weighted by Crippen LogP contribution is 2.60. The molecule has 56 heavy (non-hydrogen) atoms. The molecule has 1 aliphatic rings. The van der Waals surface area contributed by atoms with E-state index in [1.165, 1.54) is 66.8 Å².